The average molecular weight is 363 g/mol. The largest absolute Gasteiger partial charge is 0.492 e. The molecule has 3 rings (SSSR count). The molecule has 2 amide bonds. The number of carbonyl (C=O) groups excluding carboxylic acids is 2. The molecular formula is C21H21N3O3. The van der Waals surface area contributed by atoms with Crippen molar-refractivity contribution in [2.45, 2.75) is 26.3 Å². The highest BCUT2D eigenvalue weighted by Crippen LogP contribution is 2.26. The summed E-state index contributed by atoms with van der Waals surface area (Å²) >= 11 is 0. The lowest BCUT2D eigenvalue weighted by molar-refractivity contribution is -0.128. The van der Waals surface area contributed by atoms with Crippen LogP contribution >= 0.6 is 0 Å². The van der Waals surface area contributed by atoms with E-state index in [2.05, 4.69) is 11.4 Å². The third kappa shape index (κ3) is 4.45. The topological polar surface area (TPSA) is 82.4 Å². The van der Waals surface area contributed by atoms with Crippen molar-refractivity contribution >= 4 is 17.5 Å². The van der Waals surface area contributed by atoms with E-state index in [0.717, 1.165) is 18.5 Å². The molecule has 1 N–H and O–H groups in total. The number of anilines is 1. The molecule has 1 heterocycles. The number of hydrogen-bond acceptors (Lipinski definition) is 4. The summed E-state index contributed by atoms with van der Waals surface area (Å²) in [5, 5.41) is 11.9. The van der Waals surface area contributed by atoms with Crippen LogP contribution in [-0.4, -0.2) is 29.9 Å². The summed E-state index contributed by atoms with van der Waals surface area (Å²) in [6, 6.07) is 14.2. The van der Waals surface area contributed by atoms with Gasteiger partial charge in [-0.2, -0.15) is 5.26 Å². The Kier molecular flexibility index (Phi) is 5.72. The number of nitrogens with one attached hydrogen (secondary N) is 1. The molecule has 0 aliphatic carbocycles. The summed E-state index contributed by atoms with van der Waals surface area (Å²) in [4.78, 5) is 26.1. The van der Waals surface area contributed by atoms with Gasteiger partial charge < -0.3 is 15.0 Å². The smallest absolute Gasteiger partial charge is 0.255 e. The monoisotopic (exact) mass is 363 g/mol. The summed E-state index contributed by atoms with van der Waals surface area (Å²) in [5.41, 5.74) is 2.40. The molecule has 1 aliphatic heterocycles. The quantitative estimate of drug-likeness (QED) is 0.853. The first-order valence-electron chi connectivity index (χ1n) is 8.95. The second-order valence-corrected chi connectivity index (χ2v) is 6.33. The second-order valence-electron chi connectivity index (χ2n) is 6.33. The van der Waals surface area contributed by atoms with Gasteiger partial charge >= 0.3 is 0 Å². The van der Waals surface area contributed by atoms with Gasteiger partial charge in [-0.1, -0.05) is 12.1 Å². The first kappa shape index (κ1) is 18.5. The van der Waals surface area contributed by atoms with Crippen LogP contribution in [0.4, 0.5) is 5.69 Å². The number of nitriles is 1. The molecule has 6 heteroatoms. The fraction of sp³-hybridized carbons (Fsp3) is 0.286. The third-order valence-electron chi connectivity index (χ3n) is 4.42. The van der Waals surface area contributed by atoms with Crippen molar-refractivity contribution < 1.29 is 14.3 Å². The Morgan fingerprint density at radius 2 is 2.04 bits per heavy atom. The molecule has 0 bridgehead atoms. The Bertz CT molecular complexity index is 885. The van der Waals surface area contributed by atoms with E-state index in [1.54, 1.807) is 30.3 Å². The minimum atomic E-state index is -0.283. The fourth-order valence-electron chi connectivity index (χ4n) is 3.03. The normalized spacial score (nSPS) is 13.3. The van der Waals surface area contributed by atoms with Gasteiger partial charge in [0.1, 0.15) is 5.75 Å². The number of hydrogen-bond donors (Lipinski definition) is 1. The van der Waals surface area contributed by atoms with Gasteiger partial charge in [-0.3, -0.25) is 9.59 Å². The van der Waals surface area contributed by atoms with Crippen LogP contribution in [0.5, 0.6) is 5.75 Å². The van der Waals surface area contributed by atoms with E-state index in [1.807, 2.05) is 24.0 Å². The summed E-state index contributed by atoms with van der Waals surface area (Å²) in [6.45, 7) is 3.67. The van der Waals surface area contributed by atoms with E-state index in [0.29, 0.717) is 42.1 Å². The highest BCUT2D eigenvalue weighted by molar-refractivity contribution is 6.05. The van der Waals surface area contributed by atoms with Crippen LogP contribution in [0.1, 0.15) is 41.3 Å². The zero-order valence-electron chi connectivity index (χ0n) is 15.2. The van der Waals surface area contributed by atoms with Crippen molar-refractivity contribution in [3.05, 3.63) is 59.2 Å². The first-order chi connectivity index (χ1) is 13.1. The van der Waals surface area contributed by atoms with Crippen LogP contribution in [0.3, 0.4) is 0 Å². The van der Waals surface area contributed by atoms with Crippen molar-refractivity contribution in [3.63, 3.8) is 0 Å². The molecule has 0 radical (unpaired) electrons. The summed E-state index contributed by atoms with van der Waals surface area (Å²) in [6.07, 6.45) is 1.52. The maximum atomic E-state index is 12.6. The van der Waals surface area contributed by atoms with Crippen molar-refractivity contribution in [1.82, 2.24) is 4.90 Å². The van der Waals surface area contributed by atoms with Crippen LogP contribution in [0, 0.1) is 11.3 Å². The minimum absolute atomic E-state index is 0.178. The molecular weight excluding hydrogens is 342 g/mol. The summed E-state index contributed by atoms with van der Waals surface area (Å²) in [5.74, 6) is 0.418. The number of ether oxygens (including phenoxy) is 1. The zero-order chi connectivity index (χ0) is 19.2. The molecule has 0 unspecified atom stereocenters. The fourth-order valence-corrected chi connectivity index (χ4v) is 3.03. The van der Waals surface area contributed by atoms with Crippen LogP contribution in [-0.2, 0) is 11.3 Å². The highest BCUT2D eigenvalue weighted by atomic mass is 16.5. The van der Waals surface area contributed by atoms with Gasteiger partial charge in [0.15, 0.2) is 0 Å². The van der Waals surface area contributed by atoms with Crippen molar-refractivity contribution in [2.75, 3.05) is 18.5 Å². The Morgan fingerprint density at radius 1 is 1.26 bits per heavy atom. The van der Waals surface area contributed by atoms with E-state index in [4.69, 9.17) is 10.00 Å². The number of amides is 2. The average Bonchev–Trinajstić information content (AvgIpc) is 3.08. The third-order valence-corrected chi connectivity index (χ3v) is 4.42. The SMILES string of the molecule is CCOc1ccc(C#N)cc1NC(=O)c1ccc(CN2CCCC2=O)cc1. The maximum Gasteiger partial charge on any atom is 0.255 e. The van der Waals surface area contributed by atoms with Gasteiger partial charge in [0.2, 0.25) is 5.91 Å². The van der Waals surface area contributed by atoms with Crippen molar-refractivity contribution in [2.24, 2.45) is 0 Å². The van der Waals surface area contributed by atoms with E-state index >= 15 is 0 Å². The van der Waals surface area contributed by atoms with Gasteiger partial charge in [-0.05, 0) is 49.2 Å². The maximum absolute atomic E-state index is 12.6. The van der Waals surface area contributed by atoms with Crippen LogP contribution in [0.15, 0.2) is 42.5 Å². The molecule has 0 spiro atoms. The lowest BCUT2D eigenvalue weighted by Gasteiger charge is -2.16. The molecule has 0 aromatic heterocycles. The Labute approximate surface area is 158 Å². The Balaban J connectivity index is 1.71. The number of rotatable bonds is 6. The van der Waals surface area contributed by atoms with E-state index in [1.165, 1.54) is 0 Å². The van der Waals surface area contributed by atoms with Gasteiger partial charge in [0.05, 0.1) is 23.9 Å². The molecule has 27 heavy (non-hydrogen) atoms. The Morgan fingerprint density at radius 3 is 2.67 bits per heavy atom. The van der Waals surface area contributed by atoms with E-state index in [-0.39, 0.29) is 11.8 Å². The predicted molar refractivity (Wildman–Crippen MR) is 101 cm³/mol. The van der Waals surface area contributed by atoms with Gasteiger partial charge in [0.25, 0.3) is 5.91 Å². The number of benzene rings is 2. The molecule has 1 saturated heterocycles. The van der Waals surface area contributed by atoms with Crippen LogP contribution in [0.25, 0.3) is 0 Å². The molecule has 1 fully saturated rings. The zero-order valence-corrected chi connectivity index (χ0v) is 15.2. The molecule has 1 aliphatic rings. The first-order valence-corrected chi connectivity index (χ1v) is 8.95. The van der Waals surface area contributed by atoms with E-state index < -0.39 is 0 Å². The molecule has 0 atom stereocenters. The summed E-state index contributed by atoms with van der Waals surface area (Å²) in [7, 11) is 0. The highest BCUT2D eigenvalue weighted by Gasteiger charge is 2.20. The van der Waals surface area contributed by atoms with Crippen molar-refractivity contribution in [1.29, 1.82) is 5.26 Å². The Hall–Kier alpha value is -3.33. The van der Waals surface area contributed by atoms with Gasteiger partial charge in [-0.25, -0.2) is 0 Å². The number of carbonyl (C=O) groups is 2. The molecule has 2 aromatic rings. The van der Waals surface area contributed by atoms with Gasteiger partial charge in [-0.15, -0.1) is 0 Å². The van der Waals surface area contributed by atoms with Crippen LogP contribution in [0.2, 0.25) is 0 Å². The molecule has 2 aromatic carbocycles. The predicted octanol–water partition coefficient (Wildman–Crippen LogP) is 3.33. The molecule has 6 nitrogen and oxygen atoms in total. The minimum Gasteiger partial charge on any atom is -0.492 e. The number of likely N-dealkylation sites (tertiary alicyclic amines) is 1. The summed E-state index contributed by atoms with van der Waals surface area (Å²) < 4.78 is 5.52. The van der Waals surface area contributed by atoms with E-state index in [9.17, 15) is 9.59 Å². The molecule has 0 saturated carbocycles. The number of nitrogens with zero attached hydrogens (tertiary/aromatic N) is 2. The second kappa shape index (κ2) is 8.37. The van der Waals surface area contributed by atoms with Crippen molar-refractivity contribution in [3.8, 4) is 11.8 Å². The van der Waals surface area contributed by atoms with Gasteiger partial charge in [0, 0.05) is 25.1 Å². The van der Waals surface area contributed by atoms with Crippen LogP contribution < -0.4 is 10.1 Å². The molecule has 138 valence electrons. The lowest BCUT2D eigenvalue weighted by Crippen LogP contribution is -2.23. The lowest BCUT2D eigenvalue weighted by atomic mass is 10.1. The standard InChI is InChI=1S/C21H21N3O3/c1-2-27-19-10-7-16(13-22)12-18(19)23-21(26)17-8-5-15(6-9-17)14-24-11-3-4-20(24)25/h5-10,12H,2-4,11,14H2,1H3,(H,23,26).